The molecule has 0 aliphatic carbocycles. The van der Waals surface area contributed by atoms with Crippen molar-refractivity contribution in [3.63, 3.8) is 0 Å². The van der Waals surface area contributed by atoms with Crippen molar-refractivity contribution < 1.29 is 24.5 Å². The SMILES string of the molecule is Nc1ccn([C@@H]2O[C@H](COC(=O)C3CCCN3)[C@@H](O)[C@@H]2O)c(=O)n1. The van der Waals surface area contributed by atoms with Crippen molar-refractivity contribution in [3.05, 3.63) is 22.7 Å². The summed E-state index contributed by atoms with van der Waals surface area (Å²) >= 11 is 0. The van der Waals surface area contributed by atoms with Gasteiger partial charge in [0.25, 0.3) is 0 Å². The number of carbonyl (C=O) groups is 1. The highest BCUT2D eigenvalue weighted by Gasteiger charge is 2.45. The first-order valence-corrected chi connectivity index (χ1v) is 7.73. The molecule has 0 saturated carbocycles. The van der Waals surface area contributed by atoms with Gasteiger partial charge in [-0.15, -0.1) is 0 Å². The summed E-state index contributed by atoms with van der Waals surface area (Å²) in [4.78, 5) is 27.2. The molecule has 24 heavy (non-hydrogen) atoms. The average Bonchev–Trinajstić information content (AvgIpc) is 3.17. The van der Waals surface area contributed by atoms with Gasteiger partial charge in [0, 0.05) is 6.20 Å². The Labute approximate surface area is 137 Å². The summed E-state index contributed by atoms with van der Waals surface area (Å²) < 4.78 is 11.7. The van der Waals surface area contributed by atoms with Crippen molar-refractivity contribution in [1.82, 2.24) is 14.9 Å². The molecule has 2 aliphatic heterocycles. The molecule has 1 aromatic rings. The van der Waals surface area contributed by atoms with E-state index in [0.717, 1.165) is 17.5 Å². The molecule has 1 aromatic heterocycles. The summed E-state index contributed by atoms with van der Waals surface area (Å²) in [5.41, 5.74) is 4.71. The third-order valence-electron chi connectivity index (χ3n) is 4.20. The molecule has 10 heteroatoms. The van der Waals surface area contributed by atoms with Crippen LogP contribution in [0.25, 0.3) is 0 Å². The topological polar surface area (TPSA) is 149 Å². The number of esters is 1. The average molecular weight is 340 g/mol. The maximum Gasteiger partial charge on any atom is 0.351 e. The maximum atomic E-state index is 11.9. The Morgan fingerprint density at radius 2 is 2.29 bits per heavy atom. The van der Waals surface area contributed by atoms with Gasteiger partial charge in [-0.05, 0) is 25.5 Å². The lowest BCUT2D eigenvalue weighted by Gasteiger charge is -2.17. The quantitative estimate of drug-likeness (QED) is 0.445. The van der Waals surface area contributed by atoms with Crippen LogP contribution in [0.1, 0.15) is 19.1 Å². The number of nitrogens with two attached hydrogens (primary N) is 1. The lowest BCUT2D eigenvalue weighted by molar-refractivity contribution is -0.152. The Morgan fingerprint density at radius 1 is 1.50 bits per heavy atom. The van der Waals surface area contributed by atoms with E-state index >= 15 is 0 Å². The van der Waals surface area contributed by atoms with Crippen LogP contribution in [0.15, 0.2) is 17.1 Å². The van der Waals surface area contributed by atoms with Crippen LogP contribution in [0.2, 0.25) is 0 Å². The van der Waals surface area contributed by atoms with E-state index in [2.05, 4.69) is 10.3 Å². The van der Waals surface area contributed by atoms with Crippen LogP contribution >= 0.6 is 0 Å². The number of carbonyl (C=O) groups excluding carboxylic acids is 1. The summed E-state index contributed by atoms with van der Waals surface area (Å²) in [5.74, 6) is -0.383. The van der Waals surface area contributed by atoms with Gasteiger partial charge in [0.15, 0.2) is 6.23 Å². The molecule has 10 nitrogen and oxygen atoms in total. The third kappa shape index (κ3) is 3.26. The Kier molecular flexibility index (Phi) is 4.81. The van der Waals surface area contributed by atoms with Crippen LogP contribution in [-0.2, 0) is 14.3 Å². The van der Waals surface area contributed by atoms with Crippen molar-refractivity contribution in [2.45, 2.75) is 43.4 Å². The molecular formula is C14H20N4O6. The van der Waals surface area contributed by atoms with E-state index in [-0.39, 0.29) is 18.5 Å². The van der Waals surface area contributed by atoms with Crippen LogP contribution in [0.5, 0.6) is 0 Å². The second kappa shape index (κ2) is 6.85. The van der Waals surface area contributed by atoms with Crippen LogP contribution in [0.3, 0.4) is 0 Å². The third-order valence-corrected chi connectivity index (χ3v) is 4.20. The van der Waals surface area contributed by atoms with E-state index in [1.165, 1.54) is 12.3 Å². The minimum absolute atomic E-state index is 0.0406. The Hall–Kier alpha value is -2.01. The number of rotatable bonds is 4. The Bertz CT molecular complexity index is 659. The van der Waals surface area contributed by atoms with Gasteiger partial charge >= 0.3 is 11.7 Å². The molecule has 2 saturated heterocycles. The first kappa shape index (κ1) is 16.8. The molecule has 132 valence electrons. The second-order valence-electron chi connectivity index (χ2n) is 5.87. The van der Waals surface area contributed by atoms with Crippen LogP contribution in [0, 0.1) is 0 Å². The number of nitrogen functional groups attached to an aromatic ring is 1. The van der Waals surface area contributed by atoms with E-state index in [1.54, 1.807) is 0 Å². The molecule has 0 aromatic carbocycles. The molecule has 3 rings (SSSR count). The number of ether oxygens (including phenoxy) is 2. The number of anilines is 1. The molecule has 0 bridgehead atoms. The first-order chi connectivity index (χ1) is 11.5. The molecule has 0 amide bonds. The van der Waals surface area contributed by atoms with Crippen LogP contribution < -0.4 is 16.7 Å². The van der Waals surface area contributed by atoms with E-state index in [0.29, 0.717) is 6.42 Å². The normalized spacial score (nSPS) is 32.8. The molecule has 0 spiro atoms. The predicted octanol–water partition coefficient (Wildman–Crippen LogP) is -2.26. The number of nitrogens with one attached hydrogen (secondary N) is 1. The summed E-state index contributed by atoms with van der Waals surface area (Å²) in [5, 5.41) is 23.2. The largest absolute Gasteiger partial charge is 0.462 e. The highest BCUT2D eigenvalue weighted by Crippen LogP contribution is 2.28. The molecule has 2 fully saturated rings. The zero-order valence-electron chi connectivity index (χ0n) is 12.9. The van der Waals surface area contributed by atoms with Crippen LogP contribution in [-0.4, -0.2) is 63.2 Å². The fraction of sp³-hybridized carbons (Fsp3) is 0.643. The number of aromatic nitrogens is 2. The van der Waals surface area contributed by atoms with Gasteiger partial charge in [0.05, 0.1) is 0 Å². The van der Waals surface area contributed by atoms with Gasteiger partial charge in [-0.1, -0.05) is 0 Å². The Morgan fingerprint density at radius 3 is 2.96 bits per heavy atom. The van der Waals surface area contributed by atoms with Crippen molar-refractivity contribution in [2.75, 3.05) is 18.9 Å². The molecule has 5 atom stereocenters. The zero-order valence-corrected chi connectivity index (χ0v) is 12.9. The zero-order chi connectivity index (χ0) is 17.3. The first-order valence-electron chi connectivity index (χ1n) is 7.73. The fourth-order valence-corrected chi connectivity index (χ4v) is 2.87. The summed E-state index contributed by atoms with van der Waals surface area (Å²) in [7, 11) is 0. The molecule has 5 N–H and O–H groups in total. The highest BCUT2D eigenvalue weighted by molar-refractivity contribution is 5.76. The number of aliphatic hydroxyl groups is 2. The molecule has 0 radical (unpaired) electrons. The number of aliphatic hydroxyl groups excluding tert-OH is 2. The number of hydrogen-bond acceptors (Lipinski definition) is 9. The van der Waals surface area contributed by atoms with Crippen LogP contribution in [0.4, 0.5) is 5.82 Å². The molecule has 1 unspecified atom stereocenters. The van der Waals surface area contributed by atoms with Gasteiger partial charge in [0.1, 0.15) is 36.8 Å². The van der Waals surface area contributed by atoms with Crippen molar-refractivity contribution in [1.29, 1.82) is 0 Å². The predicted molar refractivity (Wildman–Crippen MR) is 80.8 cm³/mol. The fourth-order valence-electron chi connectivity index (χ4n) is 2.87. The minimum Gasteiger partial charge on any atom is -0.462 e. The highest BCUT2D eigenvalue weighted by atomic mass is 16.6. The molecule has 2 aliphatic rings. The van der Waals surface area contributed by atoms with Gasteiger partial charge in [-0.2, -0.15) is 4.98 Å². The summed E-state index contributed by atoms with van der Waals surface area (Å²) in [6, 6.07) is 1.02. The van der Waals surface area contributed by atoms with E-state index in [1.807, 2.05) is 0 Å². The van der Waals surface area contributed by atoms with E-state index in [9.17, 15) is 19.8 Å². The van der Waals surface area contributed by atoms with Crippen molar-refractivity contribution in [2.24, 2.45) is 0 Å². The van der Waals surface area contributed by atoms with Gasteiger partial charge in [-0.25, -0.2) is 4.79 Å². The van der Waals surface area contributed by atoms with Gasteiger partial charge in [-0.3, -0.25) is 9.36 Å². The smallest absolute Gasteiger partial charge is 0.351 e. The van der Waals surface area contributed by atoms with Gasteiger partial charge < -0.3 is 30.7 Å². The second-order valence-corrected chi connectivity index (χ2v) is 5.87. The van der Waals surface area contributed by atoms with E-state index in [4.69, 9.17) is 15.2 Å². The Balaban J connectivity index is 1.64. The lowest BCUT2D eigenvalue weighted by atomic mass is 10.1. The van der Waals surface area contributed by atoms with Crippen molar-refractivity contribution in [3.8, 4) is 0 Å². The minimum atomic E-state index is -1.36. The maximum absolute atomic E-state index is 11.9. The standard InChI is InChI=1S/C14H20N4O6/c15-9-3-5-18(14(22)17-9)12-11(20)10(19)8(24-12)6-23-13(21)7-2-1-4-16-7/h3,5,7-8,10-12,16,19-20H,1-2,4,6H2,(H2,15,17,22)/t7?,8-,10-,11+,12-/m1/s1. The molecule has 3 heterocycles. The number of nitrogens with zero attached hydrogens (tertiary/aromatic N) is 2. The monoisotopic (exact) mass is 340 g/mol. The van der Waals surface area contributed by atoms with Gasteiger partial charge in [0.2, 0.25) is 0 Å². The lowest BCUT2D eigenvalue weighted by Crippen LogP contribution is -2.38. The summed E-state index contributed by atoms with van der Waals surface area (Å²) in [6.45, 7) is 0.541. The molecular weight excluding hydrogens is 320 g/mol. The van der Waals surface area contributed by atoms with Crippen molar-refractivity contribution >= 4 is 11.8 Å². The van der Waals surface area contributed by atoms with E-state index < -0.39 is 36.2 Å². The summed E-state index contributed by atoms with van der Waals surface area (Å²) in [6.07, 6.45) is -1.82. The number of hydrogen-bond donors (Lipinski definition) is 4.